The predicted octanol–water partition coefficient (Wildman–Crippen LogP) is 0.816. The van der Waals surface area contributed by atoms with Gasteiger partial charge in [0.25, 0.3) is 0 Å². The molecule has 7 nitrogen and oxygen atoms in total. The average Bonchev–Trinajstić information content (AvgIpc) is 3.02. The van der Waals surface area contributed by atoms with Crippen LogP contribution in [0.4, 0.5) is 4.79 Å². The standard InChI is InChI=1S/C13H20N4O3/c1-16-6-5-11(15-16)8-14-13(20)17-7-4-10(9-17)2-3-12(18)19/h5-6,10H,2-4,7-9H2,1H3,(H,14,20)(H,18,19). The van der Waals surface area contributed by atoms with Crippen molar-refractivity contribution >= 4 is 12.0 Å². The van der Waals surface area contributed by atoms with E-state index < -0.39 is 5.97 Å². The molecule has 1 aliphatic rings. The molecule has 0 saturated carbocycles. The summed E-state index contributed by atoms with van der Waals surface area (Å²) in [6, 6.07) is 1.76. The molecule has 2 heterocycles. The van der Waals surface area contributed by atoms with E-state index >= 15 is 0 Å². The lowest BCUT2D eigenvalue weighted by molar-refractivity contribution is -0.137. The molecule has 0 spiro atoms. The molecule has 2 amide bonds. The zero-order chi connectivity index (χ0) is 14.5. The summed E-state index contributed by atoms with van der Waals surface area (Å²) < 4.78 is 1.69. The molecule has 1 aromatic rings. The van der Waals surface area contributed by atoms with E-state index in [9.17, 15) is 9.59 Å². The van der Waals surface area contributed by atoms with Gasteiger partial charge in [0.2, 0.25) is 0 Å². The molecule has 1 aliphatic heterocycles. The molecule has 20 heavy (non-hydrogen) atoms. The Kier molecular flexibility index (Phi) is 4.60. The molecule has 7 heteroatoms. The van der Waals surface area contributed by atoms with E-state index in [2.05, 4.69) is 10.4 Å². The second-order valence-electron chi connectivity index (χ2n) is 5.17. The van der Waals surface area contributed by atoms with Gasteiger partial charge in [-0.05, 0) is 24.8 Å². The number of carbonyl (C=O) groups is 2. The van der Waals surface area contributed by atoms with E-state index in [0.29, 0.717) is 32.0 Å². The summed E-state index contributed by atoms with van der Waals surface area (Å²) in [7, 11) is 1.83. The predicted molar refractivity (Wildman–Crippen MR) is 72.0 cm³/mol. The highest BCUT2D eigenvalue weighted by atomic mass is 16.4. The molecule has 2 N–H and O–H groups in total. The van der Waals surface area contributed by atoms with Gasteiger partial charge in [-0.25, -0.2) is 4.79 Å². The third kappa shape index (κ3) is 3.97. The molecule has 0 aliphatic carbocycles. The largest absolute Gasteiger partial charge is 0.481 e. The lowest BCUT2D eigenvalue weighted by Gasteiger charge is -2.16. The number of hydrogen-bond donors (Lipinski definition) is 2. The van der Waals surface area contributed by atoms with Crippen LogP contribution in [-0.2, 0) is 18.4 Å². The first-order chi connectivity index (χ1) is 9.54. The number of rotatable bonds is 5. The molecular weight excluding hydrogens is 260 g/mol. The Labute approximate surface area is 117 Å². The van der Waals surface area contributed by atoms with Gasteiger partial charge in [0.1, 0.15) is 0 Å². The minimum absolute atomic E-state index is 0.103. The average molecular weight is 280 g/mol. The summed E-state index contributed by atoms with van der Waals surface area (Å²) in [5.41, 5.74) is 0.822. The Bertz CT molecular complexity index is 486. The molecule has 110 valence electrons. The van der Waals surface area contributed by atoms with Crippen LogP contribution in [0, 0.1) is 5.92 Å². The van der Waals surface area contributed by atoms with Crippen LogP contribution in [0.5, 0.6) is 0 Å². The fourth-order valence-electron chi connectivity index (χ4n) is 2.42. The van der Waals surface area contributed by atoms with Crippen LogP contribution < -0.4 is 5.32 Å². The summed E-state index contributed by atoms with van der Waals surface area (Å²) in [5, 5.41) is 15.7. The Morgan fingerprint density at radius 1 is 1.55 bits per heavy atom. The first-order valence-electron chi connectivity index (χ1n) is 6.77. The van der Waals surface area contributed by atoms with Crippen molar-refractivity contribution in [1.82, 2.24) is 20.0 Å². The summed E-state index contributed by atoms with van der Waals surface area (Å²) in [6.45, 7) is 1.75. The van der Waals surface area contributed by atoms with Crippen LogP contribution in [0.1, 0.15) is 25.0 Å². The molecule has 1 unspecified atom stereocenters. The van der Waals surface area contributed by atoms with E-state index in [1.807, 2.05) is 19.3 Å². The van der Waals surface area contributed by atoms with E-state index in [4.69, 9.17) is 5.11 Å². The molecule has 1 saturated heterocycles. The maximum absolute atomic E-state index is 12.0. The zero-order valence-electron chi connectivity index (χ0n) is 11.6. The number of nitrogens with zero attached hydrogens (tertiary/aromatic N) is 3. The first kappa shape index (κ1) is 14.4. The second kappa shape index (κ2) is 6.40. The highest BCUT2D eigenvalue weighted by molar-refractivity contribution is 5.74. The number of aliphatic carboxylic acids is 1. The number of carbonyl (C=O) groups excluding carboxylic acids is 1. The summed E-state index contributed by atoms with van der Waals surface area (Å²) in [4.78, 5) is 24.2. The highest BCUT2D eigenvalue weighted by Crippen LogP contribution is 2.20. The number of likely N-dealkylation sites (tertiary alicyclic amines) is 1. The molecule has 1 fully saturated rings. The molecule has 1 aromatic heterocycles. The van der Waals surface area contributed by atoms with Crippen molar-refractivity contribution < 1.29 is 14.7 Å². The van der Waals surface area contributed by atoms with Crippen LogP contribution in [0.15, 0.2) is 12.3 Å². The monoisotopic (exact) mass is 280 g/mol. The normalized spacial score (nSPS) is 18.2. The molecule has 1 atom stereocenters. The van der Waals surface area contributed by atoms with Crippen molar-refractivity contribution in [3.8, 4) is 0 Å². The van der Waals surface area contributed by atoms with Gasteiger partial charge in [0.05, 0.1) is 12.2 Å². The van der Waals surface area contributed by atoms with Crippen LogP contribution in [0.25, 0.3) is 0 Å². The lowest BCUT2D eigenvalue weighted by atomic mass is 10.0. The van der Waals surface area contributed by atoms with Gasteiger partial charge < -0.3 is 15.3 Å². The first-order valence-corrected chi connectivity index (χ1v) is 6.77. The van der Waals surface area contributed by atoms with Gasteiger partial charge >= 0.3 is 12.0 Å². The Morgan fingerprint density at radius 3 is 3.00 bits per heavy atom. The fourth-order valence-corrected chi connectivity index (χ4v) is 2.42. The van der Waals surface area contributed by atoms with Gasteiger partial charge in [0.15, 0.2) is 0 Å². The van der Waals surface area contributed by atoms with Gasteiger partial charge in [-0.3, -0.25) is 9.48 Å². The SMILES string of the molecule is Cn1ccc(CNC(=O)N2CCC(CCC(=O)O)C2)n1. The fraction of sp³-hybridized carbons (Fsp3) is 0.615. The number of amides is 2. The maximum Gasteiger partial charge on any atom is 0.317 e. The van der Waals surface area contributed by atoms with Gasteiger partial charge in [-0.2, -0.15) is 5.10 Å². The number of hydrogen-bond acceptors (Lipinski definition) is 3. The van der Waals surface area contributed by atoms with Crippen LogP contribution in [0.3, 0.4) is 0 Å². The minimum Gasteiger partial charge on any atom is -0.481 e. The summed E-state index contributed by atoms with van der Waals surface area (Å²) in [6.07, 6.45) is 3.52. The van der Waals surface area contributed by atoms with Crippen LogP contribution >= 0.6 is 0 Å². The Morgan fingerprint density at radius 2 is 2.35 bits per heavy atom. The molecular formula is C13H20N4O3. The van der Waals surface area contributed by atoms with E-state index in [-0.39, 0.29) is 12.5 Å². The van der Waals surface area contributed by atoms with E-state index in [1.54, 1.807) is 9.58 Å². The number of urea groups is 1. The van der Waals surface area contributed by atoms with Gasteiger partial charge in [-0.1, -0.05) is 0 Å². The number of carboxylic acid groups (broad SMARTS) is 1. The Hall–Kier alpha value is -2.05. The Balaban J connectivity index is 1.72. The lowest BCUT2D eigenvalue weighted by Crippen LogP contribution is -2.38. The minimum atomic E-state index is -0.775. The number of carboxylic acids is 1. The van der Waals surface area contributed by atoms with E-state index in [0.717, 1.165) is 12.1 Å². The van der Waals surface area contributed by atoms with Crippen molar-refractivity contribution in [2.75, 3.05) is 13.1 Å². The van der Waals surface area contributed by atoms with E-state index in [1.165, 1.54) is 0 Å². The summed E-state index contributed by atoms with van der Waals surface area (Å²) >= 11 is 0. The second-order valence-corrected chi connectivity index (χ2v) is 5.17. The highest BCUT2D eigenvalue weighted by Gasteiger charge is 2.26. The van der Waals surface area contributed by atoms with Crippen molar-refractivity contribution in [1.29, 1.82) is 0 Å². The third-order valence-electron chi connectivity index (χ3n) is 3.53. The summed E-state index contributed by atoms with van der Waals surface area (Å²) in [5.74, 6) is -0.477. The molecule has 2 rings (SSSR count). The van der Waals surface area contributed by atoms with Crippen molar-refractivity contribution in [3.05, 3.63) is 18.0 Å². The topological polar surface area (TPSA) is 87.5 Å². The molecule has 0 aromatic carbocycles. The molecule has 0 radical (unpaired) electrons. The van der Waals surface area contributed by atoms with Crippen LogP contribution in [-0.4, -0.2) is 44.9 Å². The smallest absolute Gasteiger partial charge is 0.317 e. The van der Waals surface area contributed by atoms with Crippen molar-refractivity contribution in [3.63, 3.8) is 0 Å². The number of nitrogens with one attached hydrogen (secondary N) is 1. The zero-order valence-corrected chi connectivity index (χ0v) is 11.6. The van der Waals surface area contributed by atoms with Gasteiger partial charge in [0, 0.05) is 32.8 Å². The van der Waals surface area contributed by atoms with Crippen molar-refractivity contribution in [2.24, 2.45) is 13.0 Å². The molecule has 0 bridgehead atoms. The number of aromatic nitrogens is 2. The number of aryl methyl sites for hydroxylation is 1. The van der Waals surface area contributed by atoms with Crippen LogP contribution in [0.2, 0.25) is 0 Å². The third-order valence-corrected chi connectivity index (χ3v) is 3.53. The maximum atomic E-state index is 12.0. The quantitative estimate of drug-likeness (QED) is 0.835. The van der Waals surface area contributed by atoms with Crippen molar-refractivity contribution in [2.45, 2.75) is 25.8 Å². The van der Waals surface area contributed by atoms with Gasteiger partial charge in [-0.15, -0.1) is 0 Å².